The average molecular weight is 160 g/mol. The molecule has 11 heavy (non-hydrogen) atoms. The molecule has 0 saturated carbocycles. The van der Waals surface area contributed by atoms with Crippen LogP contribution < -0.4 is 11.0 Å². The number of hydrogen-bond acceptors (Lipinski definition) is 6. The number of hydrazine groups is 3. The van der Waals surface area contributed by atoms with Gasteiger partial charge < -0.3 is 0 Å². The summed E-state index contributed by atoms with van der Waals surface area (Å²) in [5, 5.41) is 15.8. The van der Waals surface area contributed by atoms with E-state index < -0.39 is 5.03 Å². The molecule has 1 heterocycles. The second-order valence-electron chi connectivity index (χ2n) is 1.95. The minimum Gasteiger partial charge on any atom is -0.254 e. The summed E-state index contributed by atoms with van der Waals surface area (Å²) in [5.74, 6) is 0.150. The van der Waals surface area contributed by atoms with Crippen LogP contribution in [0.3, 0.4) is 0 Å². The summed E-state index contributed by atoms with van der Waals surface area (Å²) in [4.78, 5) is 9.95. The number of nitrogens with zero attached hydrogens (tertiary/aromatic N) is 4. The molecular weight excluding hydrogens is 152 g/mol. The molecule has 0 saturated heterocycles. The summed E-state index contributed by atoms with van der Waals surface area (Å²) < 4.78 is 0. The van der Waals surface area contributed by atoms with Crippen molar-refractivity contribution in [3.8, 4) is 0 Å². The highest BCUT2D eigenvalue weighted by molar-refractivity contribution is 5.78. The lowest BCUT2D eigenvalue weighted by Crippen LogP contribution is -2.45. The summed E-state index contributed by atoms with van der Waals surface area (Å²) in [6.45, 7) is 0. The van der Waals surface area contributed by atoms with Gasteiger partial charge in [-0.2, -0.15) is 0 Å². The molecule has 0 aromatic heterocycles. The molecule has 0 amide bonds. The van der Waals surface area contributed by atoms with Crippen LogP contribution in [0.4, 0.5) is 0 Å². The first-order valence-corrected chi connectivity index (χ1v) is 2.83. The van der Waals surface area contributed by atoms with Gasteiger partial charge in [0.25, 0.3) is 5.96 Å². The van der Waals surface area contributed by atoms with Gasteiger partial charge in [-0.1, -0.05) is 5.43 Å². The van der Waals surface area contributed by atoms with Gasteiger partial charge in [0.1, 0.15) is 0 Å². The van der Waals surface area contributed by atoms with Crippen molar-refractivity contribution in [3.05, 3.63) is 10.1 Å². The molecule has 0 atom stereocenters. The predicted molar refractivity (Wildman–Crippen MR) is 36.2 cm³/mol. The van der Waals surface area contributed by atoms with Crippen LogP contribution in [-0.2, 0) is 0 Å². The lowest BCUT2D eigenvalue weighted by molar-refractivity contribution is -0.526. The Morgan fingerprint density at radius 2 is 2.36 bits per heavy atom. The maximum atomic E-state index is 9.95. The molecule has 0 aliphatic carbocycles. The van der Waals surface area contributed by atoms with E-state index >= 15 is 0 Å². The normalized spacial score (nSPS) is 17.6. The van der Waals surface area contributed by atoms with Crippen molar-refractivity contribution in [1.82, 2.24) is 21.1 Å². The quantitative estimate of drug-likeness (QED) is 0.352. The minimum absolute atomic E-state index is 0.150. The molecule has 8 nitrogen and oxygen atoms in total. The molecule has 0 spiro atoms. The fraction of sp³-hybridized carbons (Fsp3) is 0.667. The van der Waals surface area contributed by atoms with Crippen LogP contribution in [0, 0.1) is 10.1 Å². The van der Waals surface area contributed by atoms with Gasteiger partial charge in [-0.3, -0.25) is 5.01 Å². The summed E-state index contributed by atoms with van der Waals surface area (Å²) in [6, 6.07) is 0. The molecular formula is C3H8N6O2. The molecule has 0 fully saturated rings. The first kappa shape index (κ1) is 7.54. The lowest BCUT2D eigenvalue weighted by atomic mass is 10.9. The van der Waals surface area contributed by atoms with E-state index in [2.05, 4.69) is 10.6 Å². The average Bonchev–Trinajstić information content (AvgIpc) is 2.18. The van der Waals surface area contributed by atoms with Gasteiger partial charge in [0.2, 0.25) is 0 Å². The third-order valence-corrected chi connectivity index (χ3v) is 1.25. The Hall–Kier alpha value is -1.57. The zero-order valence-electron chi connectivity index (χ0n) is 6.11. The molecule has 1 aliphatic heterocycles. The zero-order valence-corrected chi connectivity index (χ0v) is 6.11. The molecule has 0 bridgehead atoms. The summed E-state index contributed by atoms with van der Waals surface area (Å²) in [7, 11) is 3.31. The first-order valence-electron chi connectivity index (χ1n) is 2.83. The maximum absolute atomic E-state index is 9.95. The predicted octanol–water partition coefficient (Wildman–Crippen LogP) is -1.66. The Kier molecular flexibility index (Phi) is 1.77. The topological polar surface area (TPSA) is 86.0 Å². The highest BCUT2D eigenvalue weighted by Gasteiger charge is 2.21. The van der Waals surface area contributed by atoms with E-state index in [-0.39, 0.29) is 5.96 Å². The third-order valence-electron chi connectivity index (χ3n) is 1.25. The van der Waals surface area contributed by atoms with Gasteiger partial charge in [-0.25, -0.2) is 15.6 Å². The number of nitrogens with one attached hydrogen (secondary N) is 2. The largest absolute Gasteiger partial charge is 0.295 e. The number of guanidine groups is 1. The SMILES string of the molecule is CN1NN=C(N[N+](=O)[O-])N1C. The van der Waals surface area contributed by atoms with Gasteiger partial charge in [0.05, 0.1) is 0 Å². The molecule has 0 aromatic carbocycles. The molecule has 0 radical (unpaired) electrons. The maximum Gasteiger partial charge on any atom is 0.295 e. The van der Waals surface area contributed by atoms with Gasteiger partial charge in [0, 0.05) is 14.1 Å². The van der Waals surface area contributed by atoms with Gasteiger partial charge in [0.15, 0.2) is 5.03 Å². The Bertz CT molecular complexity index is 202. The third kappa shape index (κ3) is 1.46. The smallest absolute Gasteiger partial charge is 0.254 e. The van der Waals surface area contributed by atoms with Crippen molar-refractivity contribution in [3.63, 3.8) is 0 Å². The van der Waals surface area contributed by atoms with E-state index in [1.807, 2.05) is 5.43 Å². The van der Waals surface area contributed by atoms with E-state index in [0.717, 1.165) is 0 Å². The number of rotatable bonds is 1. The van der Waals surface area contributed by atoms with E-state index in [1.165, 1.54) is 10.1 Å². The van der Waals surface area contributed by atoms with E-state index in [0.29, 0.717) is 0 Å². The van der Waals surface area contributed by atoms with Crippen LogP contribution in [0.15, 0.2) is 5.10 Å². The summed E-state index contributed by atoms with van der Waals surface area (Å²) in [5.41, 5.74) is 4.42. The standard InChI is InChI=1S/C3H8N6O2/c1-7-3(5-9(10)11)4-6-8(7)2/h6H,1-2H3,(H,4,5). The Labute approximate surface area is 62.5 Å². The highest BCUT2D eigenvalue weighted by Crippen LogP contribution is 1.94. The molecule has 8 heteroatoms. The van der Waals surface area contributed by atoms with Crippen molar-refractivity contribution in [2.24, 2.45) is 5.10 Å². The first-order chi connectivity index (χ1) is 5.11. The van der Waals surface area contributed by atoms with Crippen LogP contribution in [0.5, 0.6) is 0 Å². The van der Waals surface area contributed by atoms with Crippen molar-refractivity contribution in [2.45, 2.75) is 0 Å². The molecule has 62 valence electrons. The van der Waals surface area contributed by atoms with Crippen LogP contribution in [0.1, 0.15) is 0 Å². The molecule has 0 unspecified atom stereocenters. The fourth-order valence-corrected chi connectivity index (χ4v) is 0.580. The fourth-order valence-electron chi connectivity index (χ4n) is 0.580. The zero-order chi connectivity index (χ0) is 8.43. The van der Waals surface area contributed by atoms with E-state index in [4.69, 9.17) is 0 Å². The van der Waals surface area contributed by atoms with E-state index in [9.17, 15) is 10.1 Å². The van der Waals surface area contributed by atoms with Gasteiger partial charge >= 0.3 is 0 Å². The Morgan fingerprint density at radius 1 is 1.73 bits per heavy atom. The monoisotopic (exact) mass is 160 g/mol. The minimum atomic E-state index is -0.670. The van der Waals surface area contributed by atoms with Crippen molar-refractivity contribution in [1.29, 1.82) is 0 Å². The van der Waals surface area contributed by atoms with Crippen molar-refractivity contribution < 1.29 is 5.03 Å². The number of hydrogen-bond donors (Lipinski definition) is 2. The van der Waals surface area contributed by atoms with Crippen LogP contribution in [0.2, 0.25) is 0 Å². The second kappa shape index (κ2) is 2.58. The molecule has 1 aliphatic rings. The van der Waals surface area contributed by atoms with E-state index in [1.54, 1.807) is 14.1 Å². The van der Waals surface area contributed by atoms with Crippen LogP contribution in [0.25, 0.3) is 0 Å². The van der Waals surface area contributed by atoms with Gasteiger partial charge in [-0.05, 0) is 0 Å². The second-order valence-corrected chi connectivity index (χ2v) is 1.95. The van der Waals surface area contributed by atoms with Gasteiger partial charge in [-0.15, -0.1) is 10.2 Å². The van der Waals surface area contributed by atoms with Crippen molar-refractivity contribution in [2.75, 3.05) is 14.1 Å². The Morgan fingerprint density at radius 3 is 2.73 bits per heavy atom. The molecule has 1 rings (SSSR count). The van der Waals surface area contributed by atoms with Crippen LogP contribution in [-0.4, -0.2) is 35.2 Å². The number of nitro groups is 1. The molecule has 2 N–H and O–H groups in total. The van der Waals surface area contributed by atoms with Crippen LogP contribution >= 0.6 is 0 Å². The summed E-state index contributed by atoms with van der Waals surface area (Å²) in [6.07, 6.45) is 0. The Balaban J connectivity index is 2.54. The lowest BCUT2D eigenvalue weighted by Gasteiger charge is -2.18. The van der Waals surface area contributed by atoms with Crippen molar-refractivity contribution >= 4 is 5.96 Å². The number of hydrazone groups is 1. The highest BCUT2D eigenvalue weighted by atomic mass is 16.7. The molecule has 0 aromatic rings. The summed E-state index contributed by atoms with van der Waals surface area (Å²) >= 11 is 0.